The Morgan fingerprint density at radius 2 is 2.25 bits per heavy atom. The van der Waals surface area contributed by atoms with Crippen molar-refractivity contribution in [2.75, 3.05) is 26.2 Å². The van der Waals surface area contributed by atoms with Gasteiger partial charge in [-0.2, -0.15) is 0 Å². The number of nitrogens with one attached hydrogen (secondary N) is 2. The van der Waals surface area contributed by atoms with E-state index in [0.717, 1.165) is 38.9 Å². The summed E-state index contributed by atoms with van der Waals surface area (Å²) >= 11 is 0. The number of amides is 1. The Labute approximate surface area is 96.8 Å². The van der Waals surface area contributed by atoms with Gasteiger partial charge in [0.25, 0.3) is 0 Å². The summed E-state index contributed by atoms with van der Waals surface area (Å²) in [6.45, 7) is 4.84. The Balaban J connectivity index is 1.75. The first-order chi connectivity index (χ1) is 7.67. The quantitative estimate of drug-likeness (QED) is 0.624. The SMILES string of the molecule is CC1CNCC1C(=O)NCC1(CCO)CC1. The molecule has 2 fully saturated rings. The smallest absolute Gasteiger partial charge is 0.224 e. The fourth-order valence-electron chi connectivity index (χ4n) is 2.50. The van der Waals surface area contributed by atoms with Crippen molar-refractivity contribution in [3.8, 4) is 0 Å². The molecule has 1 heterocycles. The van der Waals surface area contributed by atoms with Gasteiger partial charge < -0.3 is 15.7 Å². The molecular formula is C12H22N2O2. The molecule has 0 aromatic rings. The number of hydrogen-bond donors (Lipinski definition) is 3. The molecule has 1 aliphatic heterocycles. The number of carbonyl (C=O) groups excluding carboxylic acids is 1. The zero-order valence-corrected chi connectivity index (χ0v) is 9.96. The lowest BCUT2D eigenvalue weighted by Gasteiger charge is -2.18. The van der Waals surface area contributed by atoms with Gasteiger partial charge >= 0.3 is 0 Å². The summed E-state index contributed by atoms with van der Waals surface area (Å²) in [7, 11) is 0. The molecule has 1 saturated heterocycles. The van der Waals surface area contributed by atoms with Gasteiger partial charge in [-0.25, -0.2) is 0 Å². The summed E-state index contributed by atoms with van der Waals surface area (Å²) in [5, 5.41) is 15.2. The third-order valence-corrected chi connectivity index (χ3v) is 4.09. The second-order valence-corrected chi connectivity index (χ2v) is 5.43. The Bertz CT molecular complexity index is 264. The average molecular weight is 226 g/mol. The Morgan fingerprint density at radius 1 is 1.50 bits per heavy atom. The van der Waals surface area contributed by atoms with Gasteiger partial charge in [0, 0.05) is 19.7 Å². The topological polar surface area (TPSA) is 61.4 Å². The number of aliphatic hydroxyl groups excluding tert-OH is 1. The highest BCUT2D eigenvalue weighted by atomic mass is 16.3. The van der Waals surface area contributed by atoms with Crippen LogP contribution in [0.15, 0.2) is 0 Å². The molecule has 0 aromatic heterocycles. The summed E-state index contributed by atoms with van der Waals surface area (Å²) in [5.41, 5.74) is 0.222. The molecule has 2 unspecified atom stereocenters. The minimum absolute atomic E-state index is 0.130. The molecule has 0 bridgehead atoms. The van der Waals surface area contributed by atoms with Crippen LogP contribution in [0.1, 0.15) is 26.2 Å². The monoisotopic (exact) mass is 226 g/mol. The second-order valence-electron chi connectivity index (χ2n) is 5.43. The molecule has 3 N–H and O–H groups in total. The standard InChI is InChI=1S/C12H22N2O2/c1-9-6-13-7-10(9)11(16)14-8-12(2-3-12)4-5-15/h9-10,13,15H,2-8H2,1H3,(H,14,16). The van der Waals surface area contributed by atoms with Gasteiger partial charge in [-0.3, -0.25) is 4.79 Å². The summed E-state index contributed by atoms with van der Waals surface area (Å²) in [5.74, 6) is 0.750. The highest BCUT2D eigenvalue weighted by Crippen LogP contribution is 2.47. The lowest BCUT2D eigenvalue weighted by atomic mass is 9.96. The van der Waals surface area contributed by atoms with E-state index in [2.05, 4.69) is 17.6 Å². The first-order valence-electron chi connectivity index (χ1n) is 6.26. The molecule has 2 atom stereocenters. The second kappa shape index (κ2) is 4.72. The first-order valence-corrected chi connectivity index (χ1v) is 6.26. The highest BCUT2D eigenvalue weighted by molar-refractivity contribution is 5.79. The number of carbonyl (C=O) groups is 1. The van der Waals surface area contributed by atoms with E-state index in [1.165, 1.54) is 0 Å². The van der Waals surface area contributed by atoms with Crippen molar-refractivity contribution in [3.63, 3.8) is 0 Å². The van der Waals surface area contributed by atoms with Gasteiger partial charge in [0.05, 0.1) is 5.92 Å². The van der Waals surface area contributed by atoms with Gasteiger partial charge in [0.15, 0.2) is 0 Å². The van der Waals surface area contributed by atoms with E-state index < -0.39 is 0 Å². The van der Waals surface area contributed by atoms with Gasteiger partial charge in [-0.1, -0.05) is 6.92 Å². The van der Waals surface area contributed by atoms with Crippen molar-refractivity contribution < 1.29 is 9.90 Å². The van der Waals surface area contributed by atoms with E-state index in [4.69, 9.17) is 5.11 Å². The third kappa shape index (κ3) is 2.55. The molecule has 4 nitrogen and oxygen atoms in total. The predicted molar refractivity (Wildman–Crippen MR) is 61.9 cm³/mol. The van der Waals surface area contributed by atoms with Crippen LogP contribution in [0.4, 0.5) is 0 Å². The molecule has 2 aliphatic rings. The van der Waals surface area contributed by atoms with Crippen LogP contribution in [0, 0.1) is 17.3 Å². The van der Waals surface area contributed by atoms with Crippen LogP contribution >= 0.6 is 0 Å². The maximum atomic E-state index is 11.9. The van der Waals surface area contributed by atoms with E-state index in [1.54, 1.807) is 0 Å². The van der Waals surface area contributed by atoms with E-state index >= 15 is 0 Å². The van der Waals surface area contributed by atoms with Gasteiger partial charge in [0.2, 0.25) is 5.91 Å². The summed E-state index contributed by atoms with van der Waals surface area (Å²) in [6, 6.07) is 0. The summed E-state index contributed by atoms with van der Waals surface area (Å²) < 4.78 is 0. The molecule has 16 heavy (non-hydrogen) atoms. The van der Waals surface area contributed by atoms with Crippen molar-refractivity contribution in [3.05, 3.63) is 0 Å². The molecule has 1 saturated carbocycles. The maximum absolute atomic E-state index is 11.9. The normalized spacial score (nSPS) is 31.4. The fraction of sp³-hybridized carbons (Fsp3) is 0.917. The van der Waals surface area contributed by atoms with Gasteiger partial charge in [-0.05, 0) is 37.1 Å². The van der Waals surface area contributed by atoms with Crippen LogP contribution in [0.2, 0.25) is 0 Å². The average Bonchev–Trinajstić information content (AvgIpc) is 2.89. The van der Waals surface area contributed by atoms with E-state index in [-0.39, 0.29) is 23.8 Å². The largest absolute Gasteiger partial charge is 0.396 e. The minimum atomic E-state index is 0.130. The zero-order chi connectivity index (χ0) is 11.6. The van der Waals surface area contributed by atoms with E-state index in [9.17, 15) is 4.79 Å². The Kier molecular flexibility index (Phi) is 3.50. The number of hydrogen-bond acceptors (Lipinski definition) is 3. The van der Waals surface area contributed by atoms with Gasteiger partial charge in [-0.15, -0.1) is 0 Å². The van der Waals surface area contributed by atoms with Crippen molar-refractivity contribution in [1.29, 1.82) is 0 Å². The number of aliphatic hydroxyl groups is 1. The van der Waals surface area contributed by atoms with Gasteiger partial charge in [0.1, 0.15) is 0 Å². The fourth-order valence-corrected chi connectivity index (χ4v) is 2.50. The Hall–Kier alpha value is -0.610. The van der Waals surface area contributed by atoms with Crippen LogP contribution in [-0.4, -0.2) is 37.3 Å². The highest BCUT2D eigenvalue weighted by Gasteiger charge is 2.42. The number of rotatable bonds is 5. The van der Waals surface area contributed by atoms with Crippen molar-refractivity contribution in [2.24, 2.45) is 17.3 Å². The lowest BCUT2D eigenvalue weighted by molar-refractivity contribution is -0.125. The summed E-state index contributed by atoms with van der Waals surface area (Å²) in [4.78, 5) is 11.9. The molecule has 2 rings (SSSR count). The molecule has 4 heteroatoms. The van der Waals surface area contributed by atoms with Crippen molar-refractivity contribution in [1.82, 2.24) is 10.6 Å². The molecule has 0 aromatic carbocycles. The molecule has 92 valence electrons. The van der Waals surface area contributed by atoms with Crippen molar-refractivity contribution in [2.45, 2.75) is 26.2 Å². The zero-order valence-electron chi connectivity index (χ0n) is 9.96. The molecule has 0 radical (unpaired) electrons. The van der Waals surface area contributed by atoms with E-state index in [1.807, 2.05) is 0 Å². The lowest BCUT2D eigenvalue weighted by Crippen LogP contribution is -2.38. The van der Waals surface area contributed by atoms with Crippen LogP contribution in [0.3, 0.4) is 0 Å². The predicted octanol–water partition coefficient (Wildman–Crippen LogP) is 0.121. The summed E-state index contributed by atoms with van der Waals surface area (Å²) in [6.07, 6.45) is 3.12. The van der Waals surface area contributed by atoms with Crippen LogP contribution in [0.5, 0.6) is 0 Å². The Morgan fingerprint density at radius 3 is 2.75 bits per heavy atom. The van der Waals surface area contributed by atoms with Crippen LogP contribution in [-0.2, 0) is 4.79 Å². The molecule has 1 amide bonds. The molecular weight excluding hydrogens is 204 g/mol. The third-order valence-electron chi connectivity index (χ3n) is 4.09. The van der Waals surface area contributed by atoms with Crippen LogP contribution < -0.4 is 10.6 Å². The maximum Gasteiger partial charge on any atom is 0.224 e. The minimum Gasteiger partial charge on any atom is -0.396 e. The van der Waals surface area contributed by atoms with Crippen LogP contribution in [0.25, 0.3) is 0 Å². The van der Waals surface area contributed by atoms with Crippen molar-refractivity contribution >= 4 is 5.91 Å². The molecule has 0 spiro atoms. The first kappa shape index (κ1) is 11.9. The molecule has 1 aliphatic carbocycles. The van der Waals surface area contributed by atoms with E-state index in [0.29, 0.717) is 5.92 Å².